The summed E-state index contributed by atoms with van der Waals surface area (Å²) in [6.07, 6.45) is 1.44. The number of carbonyl (C=O) groups excluding carboxylic acids is 1. The summed E-state index contributed by atoms with van der Waals surface area (Å²) in [6, 6.07) is 13.7. The van der Waals surface area contributed by atoms with Crippen molar-refractivity contribution in [3.8, 4) is 5.75 Å². The van der Waals surface area contributed by atoms with Gasteiger partial charge in [-0.2, -0.15) is 5.10 Å². The first kappa shape index (κ1) is 20.5. The summed E-state index contributed by atoms with van der Waals surface area (Å²) in [7, 11) is 0. The Labute approximate surface area is 174 Å². The number of rotatable bonds is 6. The lowest BCUT2D eigenvalue weighted by Crippen LogP contribution is -2.48. The predicted molar refractivity (Wildman–Crippen MR) is 114 cm³/mol. The van der Waals surface area contributed by atoms with E-state index in [4.69, 9.17) is 0 Å². The number of hydrogen-bond acceptors (Lipinski definition) is 5. The molecular formula is C21H25BrN4O2. The average molecular weight is 445 g/mol. The molecule has 1 fully saturated rings. The van der Waals surface area contributed by atoms with Crippen LogP contribution in [0.2, 0.25) is 0 Å². The van der Waals surface area contributed by atoms with Gasteiger partial charge in [0.1, 0.15) is 5.75 Å². The van der Waals surface area contributed by atoms with Gasteiger partial charge in [-0.3, -0.25) is 14.6 Å². The number of hydrazone groups is 1. The van der Waals surface area contributed by atoms with E-state index in [1.54, 1.807) is 18.2 Å². The number of aryl methyl sites for hydroxylation is 1. The van der Waals surface area contributed by atoms with Crippen molar-refractivity contribution in [2.75, 3.05) is 32.7 Å². The predicted octanol–water partition coefficient (Wildman–Crippen LogP) is 2.73. The van der Waals surface area contributed by atoms with Gasteiger partial charge in [-0.1, -0.05) is 45.8 Å². The third-order valence-electron chi connectivity index (χ3n) is 4.74. The van der Waals surface area contributed by atoms with Gasteiger partial charge in [0.15, 0.2) is 0 Å². The maximum absolute atomic E-state index is 12.1. The third kappa shape index (κ3) is 6.15. The van der Waals surface area contributed by atoms with E-state index < -0.39 is 0 Å². The molecule has 0 spiro atoms. The summed E-state index contributed by atoms with van der Waals surface area (Å²) < 4.78 is 0.835. The number of aromatic hydroxyl groups is 1. The number of nitrogens with one attached hydrogen (secondary N) is 1. The van der Waals surface area contributed by atoms with Crippen LogP contribution in [0.3, 0.4) is 0 Å². The van der Waals surface area contributed by atoms with E-state index in [9.17, 15) is 9.90 Å². The normalized spacial score (nSPS) is 15.8. The second kappa shape index (κ2) is 9.82. The fourth-order valence-electron chi connectivity index (χ4n) is 3.10. The van der Waals surface area contributed by atoms with Crippen molar-refractivity contribution in [2.45, 2.75) is 13.5 Å². The van der Waals surface area contributed by atoms with Crippen LogP contribution in [0.5, 0.6) is 5.75 Å². The van der Waals surface area contributed by atoms with Crippen LogP contribution in [0, 0.1) is 6.92 Å². The topological polar surface area (TPSA) is 68.2 Å². The van der Waals surface area contributed by atoms with Crippen molar-refractivity contribution in [3.05, 3.63) is 63.6 Å². The van der Waals surface area contributed by atoms with E-state index in [-0.39, 0.29) is 11.7 Å². The highest BCUT2D eigenvalue weighted by molar-refractivity contribution is 9.10. The van der Waals surface area contributed by atoms with Gasteiger partial charge in [0.25, 0.3) is 5.91 Å². The average Bonchev–Trinajstić information content (AvgIpc) is 2.68. The lowest BCUT2D eigenvalue weighted by atomic mass is 10.1. The largest absolute Gasteiger partial charge is 0.507 e. The molecule has 148 valence electrons. The van der Waals surface area contributed by atoms with Gasteiger partial charge in [-0.05, 0) is 30.7 Å². The summed E-state index contributed by atoms with van der Waals surface area (Å²) in [4.78, 5) is 16.6. The van der Waals surface area contributed by atoms with Gasteiger partial charge in [0.2, 0.25) is 0 Å². The lowest BCUT2D eigenvalue weighted by Gasteiger charge is -2.34. The molecule has 2 aromatic rings. The van der Waals surface area contributed by atoms with Gasteiger partial charge in [0.05, 0.1) is 12.8 Å². The first-order chi connectivity index (χ1) is 13.5. The van der Waals surface area contributed by atoms with E-state index in [0.717, 1.165) is 37.2 Å². The van der Waals surface area contributed by atoms with Crippen LogP contribution in [0.25, 0.3) is 0 Å². The Hall–Kier alpha value is -2.22. The number of carbonyl (C=O) groups is 1. The van der Waals surface area contributed by atoms with E-state index in [1.807, 2.05) is 0 Å². The molecule has 1 aliphatic rings. The molecule has 1 amide bonds. The summed E-state index contributed by atoms with van der Waals surface area (Å²) in [5.74, 6) is -0.0383. The molecule has 1 aliphatic heterocycles. The van der Waals surface area contributed by atoms with E-state index in [2.05, 4.69) is 67.4 Å². The second-order valence-corrected chi connectivity index (χ2v) is 7.95. The van der Waals surface area contributed by atoms with Crippen LogP contribution in [0.4, 0.5) is 0 Å². The van der Waals surface area contributed by atoms with Gasteiger partial charge in [0, 0.05) is 42.8 Å². The highest BCUT2D eigenvalue weighted by Crippen LogP contribution is 2.19. The lowest BCUT2D eigenvalue weighted by molar-refractivity contribution is -0.122. The van der Waals surface area contributed by atoms with Crippen molar-refractivity contribution in [1.29, 1.82) is 0 Å². The molecule has 0 unspecified atom stereocenters. The molecule has 0 saturated carbocycles. The monoisotopic (exact) mass is 444 g/mol. The third-order valence-corrected chi connectivity index (χ3v) is 5.23. The SMILES string of the molecule is Cc1ccc(CN2CCN(CC(=O)N/N=C/c3cc(Br)ccc3O)CC2)cc1. The quantitative estimate of drug-likeness (QED) is 0.530. The minimum absolute atomic E-state index is 0.117. The zero-order valence-corrected chi connectivity index (χ0v) is 17.5. The summed E-state index contributed by atoms with van der Waals surface area (Å²) in [5.41, 5.74) is 5.67. The second-order valence-electron chi connectivity index (χ2n) is 7.03. The number of hydrogen-bond donors (Lipinski definition) is 2. The maximum Gasteiger partial charge on any atom is 0.254 e. The van der Waals surface area contributed by atoms with E-state index in [1.165, 1.54) is 17.3 Å². The molecule has 2 N–H and O–H groups in total. The Kier molecular flexibility index (Phi) is 7.19. The highest BCUT2D eigenvalue weighted by Gasteiger charge is 2.18. The number of phenols is 1. The van der Waals surface area contributed by atoms with Crippen molar-refractivity contribution >= 4 is 28.1 Å². The van der Waals surface area contributed by atoms with Crippen LogP contribution in [0.15, 0.2) is 52.0 Å². The number of benzene rings is 2. The number of amides is 1. The van der Waals surface area contributed by atoms with Crippen molar-refractivity contribution in [3.63, 3.8) is 0 Å². The van der Waals surface area contributed by atoms with Gasteiger partial charge in [-0.15, -0.1) is 0 Å². The number of nitrogens with zero attached hydrogens (tertiary/aromatic N) is 3. The van der Waals surface area contributed by atoms with Crippen LogP contribution < -0.4 is 5.43 Å². The molecule has 1 saturated heterocycles. The molecule has 0 bridgehead atoms. The van der Waals surface area contributed by atoms with Crippen LogP contribution in [-0.2, 0) is 11.3 Å². The van der Waals surface area contributed by atoms with Crippen LogP contribution in [-0.4, -0.2) is 59.8 Å². The molecular weight excluding hydrogens is 420 g/mol. The highest BCUT2D eigenvalue weighted by atomic mass is 79.9. The molecule has 0 aliphatic carbocycles. The molecule has 2 aromatic carbocycles. The Morgan fingerprint density at radius 2 is 1.82 bits per heavy atom. The standard InChI is InChI=1S/C21H25BrN4O2/c1-16-2-4-17(5-3-16)14-25-8-10-26(11-9-25)15-21(28)24-23-13-18-12-19(22)6-7-20(18)27/h2-7,12-13,27H,8-11,14-15H2,1H3,(H,24,28)/b23-13+. The first-order valence-corrected chi connectivity index (χ1v) is 10.1. The van der Waals surface area contributed by atoms with Gasteiger partial charge in [-0.25, -0.2) is 5.43 Å². The molecule has 6 nitrogen and oxygen atoms in total. The minimum atomic E-state index is -0.155. The van der Waals surface area contributed by atoms with Crippen molar-refractivity contribution in [1.82, 2.24) is 15.2 Å². The molecule has 0 radical (unpaired) electrons. The molecule has 0 aromatic heterocycles. The molecule has 28 heavy (non-hydrogen) atoms. The zero-order valence-electron chi connectivity index (χ0n) is 15.9. The van der Waals surface area contributed by atoms with Crippen molar-refractivity contribution < 1.29 is 9.90 Å². The fourth-order valence-corrected chi connectivity index (χ4v) is 3.48. The Bertz CT molecular complexity index is 831. The Balaban J connectivity index is 1.40. The minimum Gasteiger partial charge on any atom is -0.507 e. The number of phenolic OH excluding ortho intramolecular Hbond substituents is 1. The number of halogens is 1. The van der Waals surface area contributed by atoms with Gasteiger partial charge >= 0.3 is 0 Å². The van der Waals surface area contributed by atoms with Crippen molar-refractivity contribution in [2.24, 2.45) is 5.10 Å². The molecule has 7 heteroatoms. The first-order valence-electron chi connectivity index (χ1n) is 9.30. The zero-order chi connectivity index (χ0) is 19.9. The molecule has 1 heterocycles. The maximum atomic E-state index is 12.1. The van der Waals surface area contributed by atoms with E-state index >= 15 is 0 Å². The number of piperazine rings is 1. The van der Waals surface area contributed by atoms with E-state index in [0.29, 0.717) is 12.1 Å². The Morgan fingerprint density at radius 1 is 1.14 bits per heavy atom. The summed E-state index contributed by atoms with van der Waals surface area (Å²) in [6.45, 7) is 6.96. The molecule has 0 atom stereocenters. The van der Waals surface area contributed by atoms with Crippen LogP contribution in [0.1, 0.15) is 16.7 Å². The fraction of sp³-hybridized carbons (Fsp3) is 0.333. The molecule has 3 rings (SSSR count). The summed E-state index contributed by atoms with van der Waals surface area (Å²) in [5, 5.41) is 13.7. The summed E-state index contributed by atoms with van der Waals surface area (Å²) >= 11 is 3.34. The smallest absolute Gasteiger partial charge is 0.254 e. The Morgan fingerprint density at radius 3 is 2.54 bits per heavy atom. The van der Waals surface area contributed by atoms with Crippen LogP contribution >= 0.6 is 15.9 Å². The van der Waals surface area contributed by atoms with Gasteiger partial charge < -0.3 is 5.11 Å².